The third-order valence-electron chi connectivity index (χ3n) is 3.74. The van der Waals surface area contributed by atoms with Gasteiger partial charge in [-0.3, -0.25) is 4.79 Å². The Morgan fingerprint density at radius 2 is 1.62 bits per heavy atom. The topological polar surface area (TPSA) is 81.0 Å². The third-order valence-corrected chi connectivity index (χ3v) is 3.74. The minimum absolute atomic E-state index is 0.356. The van der Waals surface area contributed by atoms with E-state index in [0.29, 0.717) is 6.42 Å². The highest BCUT2D eigenvalue weighted by molar-refractivity contribution is 5.76. The number of benzene rings is 2. The second kappa shape index (κ2) is 7.57. The lowest BCUT2D eigenvalue weighted by atomic mass is 10.0. The zero-order valence-electron chi connectivity index (χ0n) is 13.1. The van der Waals surface area contributed by atoms with Gasteiger partial charge in [0.05, 0.1) is 6.33 Å². The summed E-state index contributed by atoms with van der Waals surface area (Å²) in [4.78, 5) is 19.3. The molecule has 2 aromatic carbocycles. The van der Waals surface area contributed by atoms with Gasteiger partial charge in [0, 0.05) is 18.3 Å². The zero-order chi connectivity index (χ0) is 16.8. The molecule has 0 spiro atoms. The summed E-state index contributed by atoms with van der Waals surface area (Å²) in [6.07, 6.45) is 3.09. The molecule has 0 fully saturated rings. The van der Waals surface area contributed by atoms with Crippen LogP contribution in [0.15, 0.2) is 73.2 Å². The maximum atomic E-state index is 12.4. The van der Waals surface area contributed by atoms with Crippen molar-refractivity contribution in [2.75, 3.05) is 0 Å². The van der Waals surface area contributed by atoms with Gasteiger partial charge in [-0.25, -0.2) is 4.98 Å². The Bertz CT molecular complexity index is 718. The molecule has 0 radical (unpaired) electrons. The van der Waals surface area contributed by atoms with Gasteiger partial charge in [0.1, 0.15) is 6.04 Å². The third kappa shape index (κ3) is 3.88. The first-order valence-electron chi connectivity index (χ1n) is 7.77. The molecule has 0 aliphatic heterocycles. The van der Waals surface area contributed by atoms with Gasteiger partial charge in [-0.1, -0.05) is 60.7 Å². The van der Waals surface area contributed by atoms with E-state index in [-0.39, 0.29) is 0 Å². The Balaban J connectivity index is 1.78. The Morgan fingerprint density at radius 1 is 1.04 bits per heavy atom. The van der Waals surface area contributed by atoms with Crippen molar-refractivity contribution in [3.8, 4) is 0 Å². The number of imidazole rings is 1. The van der Waals surface area contributed by atoms with Gasteiger partial charge in [-0.05, 0) is 11.1 Å². The maximum Gasteiger partial charge on any atom is 0.324 e. The summed E-state index contributed by atoms with van der Waals surface area (Å²) in [5, 5.41) is 0. The highest BCUT2D eigenvalue weighted by Crippen LogP contribution is 2.26. The number of nitrogens with two attached hydrogens (primary N) is 1. The first kappa shape index (κ1) is 16.0. The summed E-state index contributed by atoms with van der Waals surface area (Å²) >= 11 is 0. The van der Waals surface area contributed by atoms with Crippen molar-refractivity contribution in [1.82, 2.24) is 9.97 Å². The van der Waals surface area contributed by atoms with Crippen molar-refractivity contribution in [2.24, 2.45) is 5.73 Å². The lowest BCUT2D eigenvalue weighted by Crippen LogP contribution is -2.35. The predicted octanol–water partition coefficient (Wildman–Crippen LogP) is 2.61. The number of aromatic nitrogens is 2. The Hall–Kier alpha value is -2.92. The molecule has 5 nitrogen and oxygen atoms in total. The van der Waals surface area contributed by atoms with Gasteiger partial charge >= 0.3 is 5.97 Å². The van der Waals surface area contributed by atoms with Crippen molar-refractivity contribution in [3.63, 3.8) is 0 Å². The molecular formula is C19H19N3O2. The number of hydrogen-bond acceptors (Lipinski definition) is 4. The molecule has 0 saturated carbocycles. The fourth-order valence-electron chi connectivity index (χ4n) is 2.50. The molecule has 3 rings (SSSR count). The van der Waals surface area contributed by atoms with Gasteiger partial charge in [0.25, 0.3) is 0 Å². The van der Waals surface area contributed by atoms with Crippen LogP contribution in [0.2, 0.25) is 0 Å². The molecular weight excluding hydrogens is 302 g/mol. The van der Waals surface area contributed by atoms with E-state index in [1.165, 1.54) is 0 Å². The van der Waals surface area contributed by atoms with Crippen molar-refractivity contribution in [3.05, 3.63) is 90.0 Å². The zero-order valence-corrected chi connectivity index (χ0v) is 13.1. The molecule has 122 valence electrons. The number of carbonyl (C=O) groups is 1. The van der Waals surface area contributed by atoms with E-state index < -0.39 is 18.1 Å². The number of aromatic amines is 1. The lowest BCUT2D eigenvalue weighted by molar-refractivity contribution is -0.149. The van der Waals surface area contributed by atoms with Crippen LogP contribution < -0.4 is 5.73 Å². The molecule has 0 aliphatic carbocycles. The molecule has 5 heteroatoms. The molecule has 3 N–H and O–H groups in total. The van der Waals surface area contributed by atoms with Crippen LogP contribution in [0.5, 0.6) is 0 Å². The van der Waals surface area contributed by atoms with E-state index in [4.69, 9.17) is 10.5 Å². The molecule has 1 atom stereocenters. The molecule has 0 saturated heterocycles. The van der Waals surface area contributed by atoms with E-state index in [1.807, 2.05) is 60.7 Å². The average molecular weight is 321 g/mol. The first-order valence-corrected chi connectivity index (χ1v) is 7.77. The Kier molecular flexibility index (Phi) is 5.03. The van der Waals surface area contributed by atoms with E-state index in [9.17, 15) is 4.79 Å². The highest BCUT2D eigenvalue weighted by Gasteiger charge is 2.23. The van der Waals surface area contributed by atoms with Crippen LogP contribution in [-0.4, -0.2) is 22.0 Å². The first-order chi connectivity index (χ1) is 11.7. The van der Waals surface area contributed by atoms with E-state index in [1.54, 1.807) is 12.5 Å². The quantitative estimate of drug-likeness (QED) is 0.684. The number of nitrogens with zero attached hydrogens (tertiary/aromatic N) is 1. The van der Waals surface area contributed by atoms with Crippen LogP contribution in [0.3, 0.4) is 0 Å². The summed E-state index contributed by atoms with van der Waals surface area (Å²) < 4.78 is 5.73. The van der Waals surface area contributed by atoms with Gasteiger partial charge in [0.15, 0.2) is 6.10 Å². The van der Waals surface area contributed by atoms with Crippen molar-refractivity contribution >= 4 is 5.97 Å². The highest BCUT2D eigenvalue weighted by atomic mass is 16.5. The van der Waals surface area contributed by atoms with Gasteiger partial charge in [-0.2, -0.15) is 0 Å². The number of carbonyl (C=O) groups excluding carboxylic acids is 1. The lowest BCUT2D eigenvalue weighted by Gasteiger charge is -2.21. The summed E-state index contributed by atoms with van der Waals surface area (Å²) in [6.45, 7) is 0. The van der Waals surface area contributed by atoms with Crippen LogP contribution in [0.25, 0.3) is 0 Å². The molecule has 24 heavy (non-hydrogen) atoms. The normalized spacial score (nSPS) is 12.1. The second-order valence-electron chi connectivity index (χ2n) is 5.53. The number of esters is 1. The molecule has 0 aliphatic rings. The second-order valence-corrected chi connectivity index (χ2v) is 5.53. The molecule has 0 amide bonds. The molecule has 1 heterocycles. The van der Waals surface area contributed by atoms with Crippen LogP contribution in [0, 0.1) is 0 Å². The van der Waals surface area contributed by atoms with Gasteiger partial charge in [-0.15, -0.1) is 0 Å². The summed E-state index contributed by atoms with van der Waals surface area (Å²) in [6, 6.07) is 18.5. The van der Waals surface area contributed by atoms with Gasteiger partial charge in [0.2, 0.25) is 0 Å². The number of nitrogens with one attached hydrogen (secondary N) is 1. The van der Waals surface area contributed by atoms with Crippen molar-refractivity contribution in [2.45, 2.75) is 18.6 Å². The Labute approximate surface area is 140 Å². The fourth-order valence-corrected chi connectivity index (χ4v) is 2.50. The average Bonchev–Trinajstić information content (AvgIpc) is 3.14. The van der Waals surface area contributed by atoms with Crippen molar-refractivity contribution in [1.29, 1.82) is 0 Å². The molecule has 1 aromatic heterocycles. The predicted molar refractivity (Wildman–Crippen MR) is 91.1 cm³/mol. The summed E-state index contributed by atoms with van der Waals surface area (Å²) in [5.74, 6) is -0.442. The van der Waals surface area contributed by atoms with Crippen LogP contribution in [0.4, 0.5) is 0 Å². The molecule has 3 aromatic rings. The summed E-state index contributed by atoms with van der Waals surface area (Å²) in [7, 11) is 0. The summed E-state index contributed by atoms with van der Waals surface area (Å²) in [5.41, 5.74) is 8.61. The SMILES string of the molecule is N[C@@H](Cc1cnc[nH]1)C(=O)OC(c1ccccc1)c1ccccc1. The standard InChI is InChI=1S/C19H19N3O2/c20-17(11-16-12-21-13-22-16)19(23)24-18(14-7-3-1-4-8-14)15-9-5-2-6-10-15/h1-10,12-13,17-18H,11,20H2,(H,21,22)/t17-/m0/s1. The fraction of sp³-hybridized carbons (Fsp3) is 0.158. The van der Waals surface area contributed by atoms with E-state index >= 15 is 0 Å². The Morgan fingerprint density at radius 3 is 2.12 bits per heavy atom. The number of ether oxygens (including phenoxy) is 1. The van der Waals surface area contributed by atoms with Crippen molar-refractivity contribution < 1.29 is 9.53 Å². The minimum atomic E-state index is -0.750. The monoisotopic (exact) mass is 321 g/mol. The largest absolute Gasteiger partial charge is 0.451 e. The van der Waals surface area contributed by atoms with E-state index in [0.717, 1.165) is 16.8 Å². The molecule has 0 bridgehead atoms. The minimum Gasteiger partial charge on any atom is -0.451 e. The van der Waals surface area contributed by atoms with Gasteiger partial charge < -0.3 is 15.5 Å². The van der Waals surface area contributed by atoms with Crippen LogP contribution >= 0.6 is 0 Å². The van der Waals surface area contributed by atoms with E-state index in [2.05, 4.69) is 9.97 Å². The van der Waals surface area contributed by atoms with Crippen LogP contribution in [0.1, 0.15) is 22.9 Å². The molecule has 0 unspecified atom stereocenters. The smallest absolute Gasteiger partial charge is 0.324 e. The maximum absolute atomic E-state index is 12.4. The number of H-pyrrole nitrogens is 1. The van der Waals surface area contributed by atoms with Crippen LogP contribution in [-0.2, 0) is 16.0 Å². The number of rotatable bonds is 6. The number of hydrogen-bond donors (Lipinski definition) is 2.